The largest absolute Gasteiger partial charge is 0.351 e. The first kappa shape index (κ1) is 19.6. The quantitative estimate of drug-likeness (QED) is 0.337. The lowest BCUT2D eigenvalue weighted by Crippen LogP contribution is -2.24. The van der Waals surface area contributed by atoms with E-state index >= 15 is 0 Å². The van der Waals surface area contributed by atoms with Gasteiger partial charge in [-0.1, -0.05) is 60.3 Å². The molecule has 0 aliphatic heterocycles. The van der Waals surface area contributed by atoms with Gasteiger partial charge < -0.3 is 5.32 Å². The van der Waals surface area contributed by atoms with Gasteiger partial charge in [0.05, 0.1) is 11.1 Å². The van der Waals surface area contributed by atoms with Crippen molar-refractivity contribution in [3.63, 3.8) is 0 Å². The molecule has 0 bridgehead atoms. The zero-order chi connectivity index (χ0) is 20.2. The van der Waals surface area contributed by atoms with Gasteiger partial charge in [-0.3, -0.25) is 4.79 Å². The Labute approximate surface area is 178 Å². The van der Waals surface area contributed by atoms with E-state index in [0.717, 1.165) is 31.9 Å². The van der Waals surface area contributed by atoms with Gasteiger partial charge in [-0.2, -0.15) is 0 Å². The SMILES string of the molecule is Cc1ccc(-c2csc3ncnc(SCC(=O)NCc4ccccc4)c23)cc1C. The van der Waals surface area contributed by atoms with E-state index in [-0.39, 0.29) is 5.91 Å². The molecule has 0 saturated carbocycles. The third kappa shape index (κ3) is 4.49. The van der Waals surface area contributed by atoms with Gasteiger partial charge in [-0.05, 0) is 36.1 Å². The van der Waals surface area contributed by atoms with Crippen LogP contribution in [0.1, 0.15) is 16.7 Å². The molecule has 0 saturated heterocycles. The molecule has 2 heterocycles. The maximum atomic E-state index is 12.3. The summed E-state index contributed by atoms with van der Waals surface area (Å²) < 4.78 is 0. The number of aromatic nitrogens is 2. The van der Waals surface area contributed by atoms with E-state index < -0.39 is 0 Å². The number of fused-ring (bicyclic) bond motifs is 1. The molecule has 0 aliphatic carbocycles. The molecule has 0 spiro atoms. The number of rotatable bonds is 6. The standard InChI is InChI=1S/C23H21N3OS2/c1-15-8-9-18(10-16(15)2)19-12-28-22-21(19)23(26-14-25-22)29-13-20(27)24-11-17-6-4-3-5-7-17/h3-10,12,14H,11,13H2,1-2H3,(H,24,27). The number of aryl methyl sites for hydroxylation is 2. The van der Waals surface area contributed by atoms with E-state index in [4.69, 9.17) is 0 Å². The highest BCUT2D eigenvalue weighted by molar-refractivity contribution is 8.00. The van der Waals surface area contributed by atoms with E-state index in [1.54, 1.807) is 17.7 Å². The van der Waals surface area contributed by atoms with Crippen molar-refractivity contribution in [1.29, 1.82) is 0 Å². The molecular weight excluding hydrogens is 398 g/mol. The fourth-order valence-corrected chi connectivity index (χ4v) is 4.88. The molecular formula is C23H21N3OS2. The number of nitrogens with one attached hydrogen (secondary N) is 1. The number of amides is 1. The number of thioether (sulfide) groups is 1. The topological polar surface area (TPSA) is 54.9 Å². The van der Waals surface area contributed by atoms with Crippen molar-refractivity contribution >= 4 is 39.2 Å². The molecule has 2 aromatic heterocycles. The average molecular weight is 420 g/mol. The maximum absolute atomic E-state index is 12.3. The van der Waals surface area contributed by atoms with Crippen molar-refractivity contribution in [2.24, 2.45) is 0 Å². The Morgan fingerprint density at radius 3 is 2.69 bits per heavy atom. The second-order valence-electron chi connectivity index (χ2n) is 6.86. The molecule has 146 valence electrons. The number of carbonyl (C=O) groups excluding carboxylic acids is 1. The van der Waals surface area contributed by atoms with E-state index in [2.05, 4.69) is 52.7 Å². The van der Waals surface area contributed by atoms with Gasteiger partial charge in [0.1, 0.15) is 16.2 Å². The van der Waals surface area contributed by atoms with Crippen molar-refractivity contribution in [1.82, 2.24) is 15.3 Å². The van der Waals surface area contributed by atoms with Crippen LogP contribution in [0.3, 0.4) is 0 Å². The summed E-state index contributed by atoms with van der Waals surface area (Å²) in [5.41, 5.74) is 5.90. The van der Waals surface area contributed by atoms with Gasteiger partial charge >= 0.3 is 0 Å². The summed E-state index contributed by atoms with van der Waals surface area (Å²) in [5, 5.41) is 6.97. The summed E-state index contributed by atoms with van der Waals surface area (Å²) in [6, 6.07) is 16.4. The molecule has 0 aliphatic rings. The number of benzene rings is 2. The normalized spacial score (nSPS) is 11.0. The first-order chi connectivity index (χ1) is 14.1. The maximum Gasteiger partial charge on any atom is 0.230 e. The van der Waals surface area contributed by atoms with Gasteiger partial charge in [-0.25, -0.2) is 9.97 Å². The highest BCUT2D eigenvalue weighted by atomic mass is 32.2. The lowest BCUT2D eigenvalue weighted by atomic mass is 10.0. The van der Waals surface area contributed by atoms with Gasteiger partial charge in [0.25, 0.3) is 0 Å². The van der Waals surface area contributed by atoms with Crippen LogP contribution in [-0.2, 0) is 11.3 Å². The zero-order valence-corrected chi connectivity index (χ0v) is 17.9. The summed E-state index contributed by atoms with van der Waals surface area (Å²) in [6.07, 6.45) is 1.58. The van der Waals surface area contributed by atoms with Crippen LogP contribution < -0.4 is 5.32 Å². The molecule has 0 radical (unpaired) electrons. The fourth-order valence-electron chi connectivity index (χ4n) is 3.06. The summed E-state index contributed by atoms with van der Waals surface area (Å²) >= 11 is 3.07. The molecule has 1 amide bonds. The monoisotopic (exact) mass is 419 g/mol. The van der Waals surface area contributed by atoms with E-state index in [9.17, 15) is 4.79 Å². The Balaban J connectivity index is 1.52. The van der Waals surface area contributed by atoms with Crippen molar-refractivity contribution in [3.05, 3.63) is 76.9 Å². The molecule has 0 unspecified atom stereocenters. The summed E-state index contributed by atoms with van der Waals surface area (Å²) in [7, 11) is 0. The minimum Gasteiger partial charge on any atom is -0.351 e. The highest BCUT2D eigenvalue weighted by Gasteiger charge is 2.15. The number of thiophene rings is 1. The summed E-state index contributed by atoms with van der Waals surface area (Å²) in [5.74, 6) is 0.315. The van der Waals surface area contributed by atoms with E-state index in [1.165, 1.54) is 22.9 Å². The van der Waals surface area contributed by atoms with E-state index in [0.29, 0.717) is 12.3 Å². The van der Waals surface area contributed by atoms with Crippen molar-refractivity contribution < 1.29 is 4.79 Å². The first-order valence-corrected chi connectivity index (χ1v) is 11.2. The van der Waals surface area contributed by atoms with Gasteiger partial charge in [-0.15, -0.1) is 11.3 Å². The Bertz CT molecular complexity index is 1160. The van der Waals surface area contributed by atoms with Gasteiger partial charge in [0, 0.05) is 17.5 Å². The van der Waals surface area contributed by atoms with E-state index in [1.807, 2.05) is 30.3 Å². The fraction of sp³-hybridized carbons (Fsp3) is 0.174. The minimum absolute atomic E-state index is 0.00595. The van der Waals surface area contributed by atoms with Crippen LogP contribution in [0.4, 0.5) is 0 Å². The Morgan fingerprint density at radius 1 is 1.07 bits per heavy atom. The molecule has 29 heavy (non-hydrogen) atoms. The Morgan fingerprint density at radius 2 is 1.90 bits per heavy atom. The number of hydrogen-bond acceptors (Lipinski definition) is 5. The number of carbonyl (C=O) groups is 1. The third-order valence-electron chi connectivity index (χ3n) is 4.83. The minimum atomic E-state index is -0.00595. The zero-order valence-electron chi connectivity index (χ0n) is 16.3. The Kier molecular flexibility index (Phi) is 5.92. The molecule has 4 aromatic rings. The van der Waals surface area contributed by atoms with Gasteiger partial charge in [0.2, 0.25) is 5.91 Å². The molecule has 1 N–H and O–H groups in total. The third-order valence-corrected chi connectivity index (χ3v) is 6.70. The average Bonchev–Trinajstić information content (AvgIpc) is 3.18. The van der Waals surface area contributed by atoms with Gasteiger partial charge in [0.15, 0.2) is 0 Å². The smallest absolute Gasteiger partial charge is 0.230 e. The molecule has 4 nitrogen and oxygen atoms in total. The van der Waals surface area contributed by atoms with Crippen LogP contribution in [0.25, 0.3) is 21.3 Å². The summed E-state index contributed by atoms with van der Waals surface area (Å²) in [6.45, 7) is 4.77. The molecule has 6 heteroatoms. The van der Waals surface area contributed by atoms with Crippen LogP contribution in [-0.4, -0.2) is 21.6 Å². The van der Waals surface area contributed by atoms with Crippen LogP contribution >= 0.6 is 23.1 Å². The Hall–Kier alpha value is -2.70. The number of hydrogen-bond donors (Lipinski definition) is 1. The second-order valence-corrected chi connectivity index (χ2v) is 8.68. The first-order valence-electron chi connectivity index (χ1n) is 9.35. The molecule has 2 aromatic carbocycles. The van der Waals surface area contributed by atoms with Crippen LogP contribution in [0.2, 0.25) is 0 Å². The van der Waals surface area contributed by atoms with Crippen molar-refractivity contribution in [2.45, 2.75) is 25.4 Å². The molecule has 0 atom stereocenters. The predicted octanol–water partition coefficient (Wildman–Crippen LogP) is 5.38. The van der Waals surface area contributed by atoms with Crippen molar-refractivity contribution in [3.8, 4) is 11.1 Å². The molecule has 4 rings (SSSR count). The molecule has 0 fully saturated rings. The number of nitrogens with zero attached hydrogens (tertiary/aromatic N) is 2. The lowest BCUT2D eigenvalue weighted by molar-refractivity contribution is -0.118. The van der Waals surface area contributed by atoms with Crippen LogP contribution in [0, 0.1) is 13.8 Å². The van der Waals surface area contributed by atoms with Crippen LogP contribution in [0.15, 0.2) is 65.3 Å². The van der Waals surface area contributed by atoms with Crippen LogP contribution in [0.5, 0.6) is 0 Å². The highest BCUT2D eigenvalue weighted by Crippen LogP contribution is 2.38. The second kappa shape index (κ2) is 8.76. The lowest BCUT2D eigenvalue weighted by Gasteiger charge is -2.08. The predicted molar refractivity (Wildman–Crippen MR) is 121 cm³/mol. The summed E-state index contributed by atoms with van der Waals surface area (Å²) in [4.78, 5) is 22.2. The van der Waals surface area contributed by atoms with Crippen molar-refractivity contribution in [2.75, 3.05) is 5.75 Å².